The molecular formula is C15H14OS. The number of para-hydroxylation sites is 1. The summed E-state index contributed by atoms with van der Waals surface area (Å²) >= 11 is 1.85. The van der Waals surface area contributed by atoms with Gasteiger partial charge in [-0.3, -0.25) is 0 Å². The van der Waals surface area contributed by atoms with E-state index in [4.69, 9.17) is 4.74 Å². The number of rotatable bonds is 1. The van der Waals surface area contributed by atoms with Crippen LogP contribution in [-0.4, -0.2) is 0 Å². The van der Waals surface area contributed by atoms with Crippen LogP contribution in [0.4, 0.5) is 0 Å². The molecule has 0 radical (unpaired) electrons. The molecule has 0 saturated heterocycles. The van der Waals surface area contributed by atoms with E-state index >= 15 is 0 Å². The third-order valence-electron chi connectivity index (χ3n) is 2.98. The Bertz CT molecular complexity index is 522. The average Bonchev–Trinajstić information content (AvgIpc) is 2.40. The molecule has 1 aliphatic rings. The molecule has 1 heterocycles. The van der Waals surface area contributed by atoms with Crippen molar-refractivity contribution >= 4 is 11.8 Å². The summed E-state index contributed by atoms with van der Waals surface area (Å²) in [6.45, 7) is 2.11. The zero-order valence-electron chi connectivity index (χ0n) is 9.72. The first-order valence-corrected chi connectivity index (χ1v) is 6.81. The molecule has 0 spiro atoms. The zero-order valence-corrected chi connectivity index (χ0v) is 10.5. The highest BCUT2D eigenvalue weighted by Crippen LogP contribution is 2.42. The van der Waals surface area contributed by atoms with Crippen molar-refractivity contribution in [2.45, 2.75) is 18.1 Å². The Hall–Kier alpha value is -1.41. The van der Waals surface area contributed by atoms with Crippen molar-refractivity contribution < 1.29 is 4.74 Å². The Morgan fingerprint density at radius 3 is 2.71 bits per heavy atom. The van der Waals surface area contributed by atoms with Crippen molar-refractivity contribution in [2.75, 3.05) is 0 Å². The van der Waals surface area contributed by atoms with E-state index in [-0.39, 0.29) is 5.44 Å². The summed E-state index contributed by atoms with van der Waals surface area (Å²) in [6.07, 6.45) is 0. The maximum Gasteiger partial charge on any atom is 0.170 e. The van der Waals surface area contributed by atoms with E-state index in [0.29, 0.717) is 0 Å². The van der Waals surface area contributed by atoms with Crippen LogP contribution in [0.25, 0.3) is 0 Å². The van der Waals surface area contributed by atoms with Gasteiger partial charge in [0, 0.05) is 16.9 Å². The minimum Gasteiger partial charge on any atom is -0.474 e. The molecule has 0 fully saturated rings. The first-order valence-electron chi connectivity index (χ1n) is 5.76. The summed E-state index contributed by atoms with van der Waals surface area (Å²) < 4.78 is 6.11. The third-order valence-corrected chi connectivity index (χ3v) is 4.13. The van der Waals surface area contributed by atoms with Crippen LogP contribution in [-0.2, 0) is 5.75 Å². The third kappa shape index (κ3) is 2.05. The fourth-order valence-corrected chi connectivity index (χ4v) is 3.15. The minimum absolute atomic E-state index is 0.129. The van der Waals surface area contributed by atoms with Crippen LogP contribution in [0, 0.1) is 6.92 Å². The number of benzene rings is 2. The SMILES string of the molecule is Cc1cccc2c1OC(c1ccccc1)SC2. The first kappa shape index (κ1) is 10.7. The van der Waals surface area contributed by atoms with E-state index in [0.717, 1.165) is 11.5 Å². The van der Waals surface area contributed by atoms with E-state index in [1.807, 2.05) is 17.8 Å². The number of hydrogen-bond donors (Lipinski definition) is 0. The summed E-state index contributed by atoms with van der Waals surface area (Å²) in [4.78, 5) is 0. The van der Waals surface area contributed by atoms with Crippen LogP contribution in [0.3, 0.4) is 0 Å². The number of fused-ring (bicyclic) bond motifs is 1. The van der Waals surface area contributed by atoms with Gasteiger partial charge in [0.15, 0.2) is 5.44 Å². The zero-order chi connectivity index (χ0) is 11.7. The Balaban J connectivity index is 1.93. The molecule has 0 amide bonds. The fraction of sp³-hybridized carbons (Fsp3) is 0.200. The first-order chi connectivity index (χ1) is 8.34. The van der Waals surface area contributed by atoms with E-state index in [9.17, 15) is 0 Å². The predicted octanol–water partition coefficient (Wildman–Crippen LogP) is 4.32. The highest BCUT2D eigenvalue weighted by atomic mass is 32.2. The number of hydrogen-bond acceptors (Lipinski definition) is 2. The molecule has 2 aromatic rings. The second-order valence-electron chi connectivity index (χ2n) is 4.23. The summed E-state index contributed by atoms with van der Waals surface area (Å²) in [5.41, 5.74) is 3.90. The quantitative estimate of drug-likeness (QED) is 0.736. The highest BCUT2D eigenvalue weighted by Gasteiger charge is 2.22. The topological polar surface area (TPSA) is 9.23 Å². The van der Waals surface area contributed by atoms with Crippen LogP contribution in [0.5, 0.6) is 5.75 Å². The van der Waals surface area contributed by atoms with Gasteiger partial charge in [-0.15, -0.1) is 11.8 Å². The molecule has 0 N–H and O–H groups in total. The van der Waals surface area contributed by atoms with E-state index < -0.39 is 0 Å². The predicted molar refractivity (Wildman–Crippen MR) is 72.3 cm³/mol. The van der Waals surface area contributed by atoms with Crippen LogP contribution >= 0.6 is 11.8 Å². The van der Waals surface area contributed by atoms with Gasteiger partial charge in [0.05, 0.1) is 0 Å². The molecule has 2 heteroatoms. The largest absolute Gasteiger partial charge is 0.474 e. The van der Waals surface area contributed by atoms with Gasteiger partial charge in [-0.25, -0.2) is 0 Å². The molecular weight excluding hydrogens is 228 g/mol. The minimum atomic E-state index is 0.129. The molecule has 0 aromatic heterocycles. The Kier molecular flexibility index (Phi) is 2.81. The smallest absolute Gasteiger partial charge is 0.170 e. The van der Waals surface area contributed by atoms with Crippen molar-refractivity contribution in [1.82, 2.24) is 0 Å². The van der Waals surface area contributed by atoms with Crippen LogP contribution in [0.1, 0.15) is 22.1 Å². The van der Waals surface area contributed by atoms with Crippen LogP contribution < -0.4 is 4.74 Å². The van der Waals surface area contributed by atoms with Gasteiger partial charge in [-0.05, 0) is 12.5 Å². The van der Waals surface area contributed by atoms with Gasteiger partial charge in [0.1, 0.15) is 5.75 Å². The molecule has 1 aliphatic heterocycles. The molecule has 0 aliphatic carbocycles. The fourth-order valence-electron chi connectivity index (χ4n) is 2.08. The molecule has 2 aromatic carbocycles. The molecule has 17 heavy (non-hydrogen) atoms. The lowest BCUT2D eigenvalue weighted by atomic mass is 10.1. The summed E-state index contributed by atoms with van der Waals surface area (Å²) in [5.74, 6) is 2.09. The van der Waals surface area contributed by atoms with E-state index in [2.05, 4.69) is 49.4 Å². The van der Waals surface area contributed by atoms with Crippen molar-refractivity contribution in [3.8, 4) is 5.75 Å². The monoisotopic (exact) mass is 242 g/mol. The van der Waals surface area contributed by atoms with Gasteiger partial charge >= 0.3 is 0 Å². The van der Waals surface area contributed by atoms with Gasteiger partial charge in [-0.2, -0.15) is 0 Å². The lowest BCUT2D eigenvalue weighted by Gasteiger charge is -2.27. The van der Waals surface area contributed by atoms with Crippen LogP contribution in [0.2, 0.25) is 0 Å². The summed E-state index contributed by atoms with van der Waals surface area (Å²) in [7, 11) is 0. The highest BCUT2D eigenvalue weighted by molar-refractivity contribution is 7.98. The van der Waals surface area contributed by atoms with Gasteiger partial charge in [0.25, 0.3) is 0 Å². The summed E-state index contributed by atoms with van der Waals surface area (Å²) in [6, 6.07) is 16.8. The number of thioether (sulfide) groups is 1. The molecule has 86 valence electrons. The molecule has 1 nitrogen and oxygen atoms in total. The Morgan fingerprint density at radius 1 is 1.06 bits per heavy atom. The second-order valence-corrected chi connectivity index (χ2v) is 5.28. The van der Waals surface area contributed by atoms with Gasteiger partial charge in [0.2, 0.25) is 0 Å². The molecule has 1 unspecified atom stereocenters. The van der Waals surface area contributed by atoms with Crippen LogP contribution in [0.15, 0.2) is 48.5 Å². The molecule has 3 rings (SSSR count). The molecule has 1 atom stereocenters. The van der Waals surface area contributed by atoms with Crippen molar-refractivity contribution in [3.05, 3.63) is 65.2 Å². The maximum atomic E-state index is 6.11. The molecule has 0 bridgehead atoms. The second kappa shape index (κ2) is 4.46. The standard InChI is InChI=1S/C15H14OS/c1-11-6-5-9-13-10-17-15(16-14(11)13)12-7-3-2-4-8-12/h2-9,15H,10H2,1H3. The van der Waals surface area contributed by atoms with Gasteiger partial charge < -0.3 is 4.74 Å². The maximum absolute atomic E-state index is 6.11. The number of ether oxygens (including phenoxy) is 1. The lowest BCUT2D eigenvalue weighted by Crippen LogP contribution is -2.11. The van der Waals surface area contributed by atoms with Crippen molar-refractivity contribution in [2.24, 2.45) is 0 Å². The van der Waals surface area contributed by atoms with Crippen molar-refractivity contribution in [1.29, 1.82) is 0 Å². The van der Waals surface area contributed by atoms with Crippen molar-refractivity contribution in [3.63, 3.8) is 0 Å². The summed E-state index contributed by atoms with van der Waals surface area (Å²) in [5, 5.41) is 0. The Morgan fingerprint density at radius 2 is 1.88 bits per heavy atom. The molecule has 0 saturated carbocycles. The van der Waals surface area contributed by atoms with Gasteiger partial charge in [-0.1, -0.05) is 48.5 Å². The average molecular weight is 242 g/mol. The lowest BCUT2D eigenvalue weighted by molar-refractivity contribution is 0.285. The number of aryl methyl sites for hydroxylation is 1. The van der Waals surface area contributed by atoms with E-state index in [1.165, 1.54) is 16.7 Å². The Labute approximate surface area is 106 Å². The van der Waals surface area contributed by atoms with E-state index in [1.54, 1.807) is 0 Å². The normalized spacial score (nSPS) is 18.3.